The van der Waals surface area contributed by atoms with Gasteiger partial charge in [0.05, 0.1) is 0 Å². The summed E-state index contributed by atoms with van der Waals surface area (Å²) in [6, 6.07) is 0. The zero-order valence-corrected chi connectivity index (χ0v) is 6.89. The summed E-state index contributed by atoms with van der Waals surface area (Å²) < 4.78 is 0. The third-order valence-corrected chi connectivity index (χ3v) is 1.93. The third-order valence-electron chi connectivity index (χ3n) is 1.93. The predicted molar refractivity (Wildman–Crippen MR) is 46.0 cm³/mol. The first kappa shape index (κ1) is 7.44. The van der Waals surface area contributed by atoms with Crippen molar-refractivity contribution in [1.29, 1.82) is 0 Å². The summed E-state index contributed by atoms with van der Waals surface area (Å²) in [5, 5.41) is 0. The van der Waals surface area contributed by atoms with E-state index >= 15 is 0 Å². The molecule has 60 valence electrons. The van der Waals surface area contributed by atoms with Crippen molar-refractivity contribution < 1.29 is 4.79 Å². The molecule has 0 heterocycles. The number of carbonyl (C=O) groups excluding carboxylic acids is 1. The highest BCUT2D eigenvalue weighted by Gasteiger charge is 2.19. The van der Waals surface area contributed by atoms with Crippen molar-refractivity contribution in [2.45, 2.75) is 25.7 Å². The monoisotopic (exact) mass is 158 g/mol. The van der Waals surface area contributed by atoms with Gasteiger partial charge in [-0.05, 0) is 37.5 Å². The highest BCUT2D eigenvalue weighted by atomic mass is 16.1. The Bertz CT molecular complexity index is 278. The summed E-state index contributed by atoms with van der Waals surface area (Å²) >= 11 is 0. The number of hydrogen-bond acceptors (Lipinski definition) is 1. The van der Waals surface area contributed by atoms with Crippen molar-refractivity contribution in [3.05, 3.63) is 0 Å². The second-order valence-electron chi connectivity index (χ2n) is 3.42. The lowest BCUT2D eigenvalue weighted by Gasteiger charge is -1.73. The Morgan fingerprint density at radius 2 is 1.33 bits per heavy atom. The van der Waals surface area contributed by atoms with Gasteiger partial charge in [0.15, 0.2) is 0 Å². The largest absolute Gasteiger partial charge is 0.279 e. The molecule has 0 saturated heterocycles. The quantitative estimate of drug-likeness (QED) is 0.384. The molecule has 0 spiro atoms. The number of ketones is 1. The molecule has 0 aromatic rings. The van der Waals surface area contributed by atoms with Crippen LogP contribution in [0, 0.1) is 35.5 Å². The molecule has 2 aliphatic rings. The van der Waals surface area contributed by atoms with E-state index in [-0.39, 0.29) is 5.78 Å². The Morgan fingerprint density at radius 3 is 1.67 bits per heavy atom. The summed E-state index contributed by atoms with van der Waals surface area (Å²) in [5.74, 6) is 11.7. The molecule has 2 saturated carbocycles. The SMILES string of the molecule is O=C(C#CC1CC1)C#CC1CC1. The highest BCUT2D eigenvalue weighted by molar-refractivity contribution is 6.08. The lowest BCUT2D eigenvalue weighted by molar-refractivity contribution is -0.108. The molecule has 0 aromatic carbocycles. The summed E-state index contributed by atoms with van der Waals surface area (Å²) in [6.45, 7) is 0. The second kappa shape index (κ2) is 3.03. The molecule has 0 radical (unpaired) electrons. The van der Waals surface area contributed by atoms with Gasteiger partial charge in [0.1, 0.15) is 0 Å². The molecule has 0 N–H and O–H groups in total. The van der Waals surface area contributed by atoms with Gasteiger partial charge in [-0.25, -0.2) is 0 Å². The summed E-state index contributed by atoms with van der Waals surface area (Å²) in [4.78, 5) is 11.0. The van der Waals surface area contributed by atoms with Gasteiger partial charge in [0.25, 0.3) is 5.78 Å². The molecule has 0 unspecified atom stereocenters. The fourth-order valence-corrected chi connectivity index (χ4v) is 0.822. The number of Topliss-reactive ketones (excluding diaryl/α,β-unsaturated/α-hetero) is 1. The summed E-state index contributed by atoms with van der Waals surface area (Å²) in [7, 11) is 0. The highest BCUT2D eigenvalue weighted by Crippen LogP contribution is 2.28. The average Bonchev–Trinajstić information content (AvgIpc) is 2.89. The van der Waals surface area contributed by atoms with Crippen molar-refractivity contribution in [3.63, 3.8) is 0 Å². The molecule has 1 nitrogen and oxygen atoms in total. The zero-order chi connectivity index (χ0) is 8.39. The molecule has 0 bridgehead atoms. The maximum Gasteiger partial charge on any atom is 0.279 e. The van der Waals surface area contributed by atoms with Crippen LogP contribution in [-0.2, 0) is 4.79 Å². The zero-order valence-electron chi connectivity index (χ0n) is 6.89. The molecule has 1 heteroatoms. The van der Waals surface area contributed by atoms with Crippen LogP contribution in [0.3, 0.4) is 0 Å². The number of rotatable bonds is 0. The van der Waals surface area contributed by atoms with Gasteiger partial charge >= 0.3 is 0 Å². The van der Waals surface area contributed by atoms with E-state index in [0.717, 1.165) is 25.7 Å². The molecule has 12 heavy (non-hydrogen) atoms. The van der Waals surface area contributed by atoms with Crippen LogP contribution in [-0.4, -0.2) is 5.78 Å². The van der Waals surface area contributed by atoms with Gasteiger partial charge in [-0.1, -0.05) is 11.8 Å². The van der Waals surface area contributed by atoms with Crippen LogP contribution < -0.4 is 0 Å². The van der Waals surface area contributed by atoms with Gasteiger partial charge in [0.2, 0.25) is 0 Å². The van der Waals surface area contributed by atoms with Crippen molar-refractivity contribution in [1.82, 2.24) is 0 Å². The van der Waals surface area contributed by atoms with E-state index in [9.17, 15) is 4.79 Å². The van der Waals surface area contributed by atoms with Crippen LogP contribution in [0.15, 0.2) is 0 Å². The Hall–Kier alpha value is -1.21. The van der Waals surface area contributed by atoms with Gasteiger partial charge in [-0.2, -0.15) is 0 Å². The van der Waals surface area contributed by atoms with E-state index in [1.165, 1.54) is 0 Å². The minimum Gasteiger partial charge on any atom is -0.270 e. The van der Waals surface area contributed by atoms with E-state index < -0.39 is 0 Å². The van der Waals surface area contributed by atoms with Crippen LogP contribution in [0.1, 0.15) is 25.7 Å². The van der Waals surface area contributed by atoms with Gasteiger partial charge in [-0.15, -0.1) is 0 Å². The Kier molecular flexibility index (Phi) is 1.88. The molecule has 0 amide bonds. The first-order valence-corrected chi connectivity index (χ1v) is 4.41. The molecular weight excluding hydrogens is 148 g/mol. The first-order valence-electron chi connectivity index (χ1n) is 4.41. The predicted octanol–water partition coefficient (Wildman–Crippen LogP) is 1.38. The van der Waals surface area contributed by atoms with Crippen molar-refractivity contribution >= 4 is 5.78 Å². The molecule has 2 rings (SSSR count). The van der Waals surface area contributed by atoms with Gasteiger partial charge in [-0.3, -0.25) is 4.79 Å². The summed E-state index contributed by atoms with van der Waals surface area (Å²) in [5.41, 5.74) is 0. The van der Waals surface area contributed by atoms with E-state index in [1.807, 2.05) is 0 Å². The fourth-order valence-electron chi connectivity index (χ4n) is 0.822. The Balaban J connectivity index is 1.84. The average molecular weight is 158 g/mol. The smallest absolute Gasteiger partial charge is 0.270 e. The lowest BCUT2D eigenvalue weighted by atomic mass is 10.3. The first-order chi connectivity index (χ1) is 5.84. The van der Waals surface area contributed by atoms with Gasteiger partial charge < -0.3 is 0 Å². The number of carbonyl (C=O) groups is 1. The van der Waals surface area contributed by atoms with E-state index in [0.29, 0.717) is 11.8 Å². The lowest BCUT2D eigenvalue weighted by Crippen LogP contribution is -1.86. The van der Waals surface area contributed by atoms with Crippen LogP contribution >= 0.6 is 0 Å². The minimum absolute atomic E-state index is 0.200. The van der Waals surface area contributed by atoms with Crippen LogP contribution in [0.25, 0.3) is 0 Å². The third kappa shape index (κ3) is 2.44. The van der Waals surface area contributed by atoms with Crippen molar-refractivity contribution in [2.24, 2.45) is 11.8 Å². The molecule has 0 aliphatic heterocycles. The van der Waals surface area contributed by atoms with Gasteiger partial charge in [0, 0.05) is 11.8 Å². The summed E-state index contributed by atoms with van der Waals surface area (Å²) in [6.07, 6.45) is 4.65. The minimum atomic E-state index is -0.200. The van der Waals surface area contributed by atoms with Crippen molar-refractivity contribution in [2.75, 3.05) is 0 Å². The van der Waals surface area contributed by atoms with Crippen molar-refractivity contribution in [3.8, 4) is 23.7 Å². The van der Waals surface area contributed by atoms with E-state index in [1.54, 1.807) is 0 Å². The molecule has 2 fully saturated rings. The molecule has 0 atom stereocenters. The normalized spacial score (nSPS) is 20.0. The fraction of sp³-hybridized carbons (Fsp3) is 0.545. The maximum atomic E-state index is 11.0. The van der Waals surface area contributed by atoms with Crippen LogP contribution in [0.5, 0.6) is 0 Å². The molecular formula is C11H10O. The standard InChI is InChI=1S/C11H10O/c12-11(7-5-9-1-2-9)8-6-10-3-4-10/h9-10H,1-4H2. The maximum absolute atomic E-state index is 11.0. The Morgan fingerprint density at radius 1 is 0.917 bits per heavy atom. The van der Waals surface area contributed by atoms with Crippen LogP contribution in [0.2, 0.25) is 0 Å². The van der Waals surface area contributed by atoms with Crippen LogP contribution in [0.4, 0.5) is 0 Å². The Labute approximate surface area is 72.5 Å². The topological polar surface area (TPSA) is 17.1 Å². The molecule has 2 aliphatic carbocycles. The van der Waals surface area contributed by atoms with E-state index in [4.69, 9.17) is 0 Å². The number of hydrogen-bond donors (Lipinski definition) is 0. The second-order valence-corrected chi connectivity index (χ2v) is 3.42. The van der Waals surface area contributed by atoms with E-state index in [2.05, 4.69) is 23.7 Å². The molecule has 0 aromatic heterocycles.